The number of carbonyl (C=O) groups excluding carboxylic acids is 1. The van der Waals surface area contributed by atoms with Crippen molar-refractivity contribution >= 4 is 28.3 Å². The number of piperidine rings is 1. The van der Waals surface area contributed by atoms with Gasteiger partial charge >= 0.3 is 0 Å². The van der Waals surface area contributed by atoms with Crippen LogP contribution in [0, 0.1) is 5.82 Å². The molecule has 9 heteroatoms. The van der Waals surface area contributed by atoms with E-state index < -0.39 is 15.8 Å². The van der Waals surface area contributed by atoms with Gasteiger partial charge < -0.3 is 10.6 Å². The highest BCUT2D eigenvalue weighted by Gasteiger charge is 2.30. The summed E-state index contributed by atoms with van der Waals surface area (Å²) in [7, 11) is -3.76. The van der Waals surface area contributed by atoms with Crippen molar-refractivity contribution < 1.29 is 17.6 Å². The van der Waals surface area contributed by atoms with Gasteiger partial charge in [-0.15, -0.1) is 12.4 Å². The molecule has 0 bridgehead atoms. The van der Waals surface area contributed by atoms with Gasteiger partial charge in [0.2, 0.25) is 10.0 Å². The minimum atomic E-state index is -3.76. The molecular weight excluding hydrogens is 369 g/mol. The number of carbonyl (C=O) groups is 1. The third-order valence-electron chi connectivity index (χ3n) is 4.70. The first-order valence-electron chi connectivity index (χ1n) is 8.24. The molecular formula is C16H23ClFN3O3S. The van der Waals surface area contributed by atoms with Crippen molar-refractivity contribution in [3.63, 3.8) is 0 Å². The first kappa shape index (κ1) is 20.1. The first-order valence-corrected chi connectivity index (χ1v) is 9.68. The van der Waals surface area contributed by atoms with Gasteiger partial charge in [-0.05, 0) is 43.9 Å². The number of rotatable bonds is 3. The van der Waals surface area contributed by atoms with Crippen molar-refractivity contribution in [2.75, 3.05) is 26.2 Å². The molecule has 2 aliphatic rings. The quantitative estimate of drug-likeness (QED) is 0.848. The van der Waals surface area contributed by atoms with Gasteiger partial charge in [0.15, 0.2) is 0 Å². The fraction of sp³-hybridized carbons (Fsp3) is 0.562. The van der Waals surface area contributed by atoms with Crippen LogP contribution in [0.5, 0.6) is 0 Å². The standard InChI is InChI=1S/C16H22FN3O3S.ClH/c17-15-11-13(24(22,23)20-9-5-12(18)6-10-20)3-4-14(15)16(21)19-7-1-2-8-19;/h3-4,11-12H,1-2,5-10,18H2;1H. The fourth-order valence-corrected chi connectivity index (χ4v) is 4.67. The van der Waals surface area contributed by atoms with E-state index >= 15 is 0 Å². The van der Waals surface area contributed by atoms with Crippen LogP contribution in [0.25, 0.3) is 0 Å². The third-order valence-corrected chi connectivity index (χ3v) is 6.60. The molecule has 0 atom stereocenters. The molecule has 25 heavy (non-hydrogen) atoms. The van der Waals surface area contributed by atoms with Gasteiger partial charge in [0, 0.05) is 32.2 Å². The molecule has 1 amide bonds. The minimum absolute atomic E-state index is 0. The fourth-order valence-electron chi connectivity index (χ4n) is 3.19. The van der Waals surface area contributed by atoms with Crippen LogP contribution >= 0.6 is 12.4 Å². The second-order valence-electron chi connectivity index (χ2n) is 6.38. The Labute approximate surface area is 153 Å². The molecule has 3 rings (SSSR count). The van der Waals surface area contributed by atoms with Crippen LogP contribution in [0.4, 0.5) is 4.39 Å². The number of hydrogen-bond donors (Lipinski definition) is 1. The topological polar surface area (TPSA) is 83.7 Å². The average molecular weight is 392 g/mol. The molecule has 0 unspecified atom stereocenters. The van der Waals surface area contributed by atoms with E-state index in [1.54, 1.807) is 4.90 Å². The van der Waals surface area contributed by atoms with Crippen LogP contribution in [0.2, 0.25) is 0 Å². The number of nitrogens with zero attached hydrogens (tertiary/aromatic N) is 2. The van der Waals surface area contributed by atoms with Crippen LogP contribution in [0.3, 0.4) is 0 Å². The molecule has 6 nitrogen and oxygen atoms in total. The third kappa shape index (κ3) is 4.13. The lowest BCUT2D eigenvalue weighted by atomic mass is 10.1. The number of likely N-dealkylation sites (tertiary alicyclic amines) is 1. The molecule has 140 valence electrons. The van der Waals surface area contributed by atoms with E-state index in [0.29, 0.717) is 39.0 Å². The van der Waals surface area contributed by atoms with Gasteiger partial charge in [-0.3, -0.25) is 4.79 Å². The summed E-state index contributed by atoms with van der Waals surface area (Å²) in [5.74, 6) is -1.17. The maximum Gasteiger partial charge on any atom is 0.256 e. The van der Waals surface area contributed by atoms with E-state index in [2.05, 4.69) is 0 Å². The van der Waals surface area contributed by atoms with Crippen molar-refractivity contribution in [3.8, 4) is 0 Å². The molecule has 2 saturated heterocycles. The van der Waals surface area contributed by atoms with Gasteiger partial charge in [-0.25, -0.2) is 12.8 Å². The monoisotopic (exact) mass is 391 g/mol. The van der Waals surface area contributed by atoms with Gasteiger partial charge in [-0.1, -0.05) is 0 Å². The SMILES string of the molecule is Cl.NC1CCN(S(=O)(=O)c2ccc(C(=O)N3CCCC3)c(F)c2)CC1. The maximum absolute atomic E-state index is 14.4. The molecule has 1 aromatic carbocycles. The predicted octanol–water partition coefficient (Wildman–Crippen LogP) is 1.60. The first-order chi connectivity index (χ1) is 11.4. The zero-order chi connectivity index (χ0) is 17.3. The summed E-state index contributed by atoms with van der Waals surface area (Å²) in [5, 5.41) is 0. The molecule has 0 spiro atoms. The van der Waals surface area contributed by atoms with Gasteiger partial charge in [0.1, 0.15) is 5.82 Å². The van der Waals surface area contributed by atoms with Crippen LogP contribution in [-0.2, 0) is 10.0 Å². The Bertz CT molecular complexity index is 730. The molecule has 0 aromatic heterocycles. The Kier molecular flexibility index (Phi) is 6.42. The van der Waals surface area contributed by atoms with Crippen molar-refractivity contribution in [1.29, 1.82) is 0 Å². The Morgan fingerprint density at radius 2 is 1.72 bits per heavy atom. The zero-order valence-corrected chi connectivity index (χ0v) is 15.5. The average Bonchev–Trinajstić information content (AvgIpc) is 3.09. The van der Waals surface area contributed by atoms with E-state index in [-0.39, 0.29) is 34.8 Å². The normalized spacial score (nSPS) is 19.7. The van der Waals surface area contributed by atoms with Crippen LogP contribution < -0.4 is 5.73 Å². The second-order valence-corrected chi connectivity index (χ2v) is 8.32. The van der Waals surface area contributed by atoms with Crippen molar-refractivity contribution in [2.24, 2.45) is 5.73 Å². The van der Waals surface area contributed by atoms with Crippen molar-refractivity contribution in [1.82, 2.24) is 9.21 Å². The number of hydrogen-bond acceptors (Lipinski definition) is 4. The largest absolute Gasteiger partial charge is 0.339 e. The van der Waals surface area contributed by atoms with Crippen LogP contribution in [-0.4, -0.2) is 55.8 Å². The minimum Gasteiger partial charge on any atom is -0.339 e. The Morgan fingerprint density at radius 3 is 2.28 bits per heavy atom. The maximum atomic E-state index is 14.4. The number of benzene rings is 1. The van der Waals surface area contributed by atoms with Crippen molar-refractivity contribution in [2.45, 2.75) is 36.6 Å². The molecule has 2 fully saturated rings. The van der Waals surface area contributed by atoms with E-state index in [9.17, 15) is 17.6 Å². The van der Waals surface area contributed by atoms with E-state index in [0.717, 1.165) is 18.9 Å². The molecule has 2 N–H and O–H groups in total. The Balaban J connectivity index is 0.00000225. The molecule has 2 heterocycles. The predicted molar refractivity (Wildman–Crippen MR) is 94.8 cm³/mol. The smallest absolute Gasteiger partial charge is 0.256 e. The van der Waals surface area contributed by atoms with Crippen LogP contribution in [0.15, 0.2) is 23.1 Å². The molecule has 2 aliphatic heterocycles. The summed E-state index contributed by atoms with van der Waals surface area (Å²) < 4.78 is 40.9. The van der Waals surface area contributed by atoms with Crippen molar-refractivity contribution in [3.05, 3.63) is 29.6 Å². The van der Waals surface area contributed by atoms with E-state index in [1.165, 1.54) is 16.4 Å². The summed E-state index contributed by atoms with van der Waals surface area (Å²) in [6.07, 6.45) is 3.01. The lowest BCUT2D eigenvalue weighted by Crippen LogP contribution is -2.42. The number of sulfonamides is 1. The summed E-state index contributed by atoms with van der Waals surface area (Å²) in [4.78, 5) is 13.8. The highest BCUT2D eigenvalue weighted by molar-refractivity contribution is 7.89. The van der Waals surface area contributed by atoms with Gasteiger partial charge in [0.25, 0.3) is 5.91 Å². The molecule has 0 aliphatic carbocycles. The van der Waals surface area contributed by atoms with E-state index in [1.807, 2.05) is 0 Å². The molecule has 0 radical (unpaired) electrons. The lowest BCUT2D eigenvalue weighted by molar-refractivity contribution is 0.0788. The van der Waals surface area contributed by atoms with Gasteiger partial charge in [0.05, 0.1) is 10.5 Å². The highest BCUT2D eigenvalue weighted by Crippen LogP contribution is 2.23. The zero-order valence-electron chi connectivity index (χ0n) is 13.9. The Hall–Kier alpha value is -1.22. The van der Waals surface area contributed by atoms with E-state index in [4.69, 9.17) is 5.73 Å². The number of amides is 1. The number of halogens is 2. The summed E-state index contributed by atoms with van der Waals surface area (Å²) in [5.41, 5.74) is 5.72. The second kappa shape index (κ2) is 7.99. The van der Waals surface area contributed by atoms with Gasteiger partial charge in [-0.2, -0.15) is 4.31 Å². The lowest BCUT2D eigenvalue weighted by Gasteiger charge is -2.29. The van der Waals surface area contributed by atoms with Crippen LogP contribution in [0.1, 0.15) is 36.0 Å². The Morgan fingerprint density at radius 1 is 1.12 bits per heavy atom. The summed E-state index contributed by atoms with van der Waals surface area (Å²) >= 11 is 0. The summed E-state index contributed by atoms with van der Waals surface area (Å²) in [6, 6.07) is 3.55. The highest BCUT2D eigenvalue weighted by atomic mass is 35.5. The summed E-state index contributed by atoms with van der Waals surface area (Å²) in [6.45, 7) is 1.90. The molecule has 1 aromatic rings. The molecule has 0 saturated carbocycles. The number of nitrogens with two attached hydrogens (primary N) is 1.